The van der Waals surface area contributed by atoms with Gasteiger partial charge in [-0.1, -0.05) is 0 Å². The van der Waals surface area contributed by atoms with Crippen molar-refractivity contribution < 1.29 is 4.42 Å². The standard InChI is InChI=1S/C15H14BrGeNO/c1-15(2,3)17-9-4-5-10-11-6-7-18-14(16)13(11)19-12(10)8-9/h4-8H,1-3H3. The number of halogens is 1. The molecule has 2 nitrogen and oxygen atoms in total. The molecule has 96 valence electrons. The van der Waals surface area contributed by atoms with Crippen LogP contribution in [0.3, 0.4) is 0 Å². The molecule has 0 spiro atoms. The van der Waals surface area contributed by atoms with Gasteiger partial charge < -0.3 is 0 Å². The van der Waals surface area contributed by atoms with E-state index in [1.54, 1.807) is 6.20 Å². The second-order valence-corrected chi connectivity index (χ2v) is 11.3. The zero-order chi connectivity index (χ0) is 13.6. The Morgan fingerprint density at radius 3 is 2.68 bits per heavy atom. The van der Waals surface area contributed by atoms with Crippen molar-refractivity contribution in [2.24, 2.45) is 0 Å². The summed E-state index contributed by atoms with van der Waals surface area (Å²) in [7, 11) is 0. The number of nitrogens with zero attached hydrogens (tertiary/aromatic N) is 1. The summed E-state index contributed by atoms with van der Waals surface area (Å²) in [6.45, 7) is 6.91. The number of hydrogen-bond acceptors (Lipinski definition) is 2. The van der Waals surface area contributed by atoms with Crippen LogP contribution in [0.2, 0.25) is 4.25 Å². The molecule has 2 heterocycles. The zero-order valence-corrected chi connectivity index (χ0v) is 14.8. The molecule has 0 aliphatic carbocycles. The van der Waals surface area contributed by atoms with Gasteiger partial charge in [0.05, 0.1) is 0 Å². The molecule has 0 atom stereocenters. The number of benzene rings is 1. The van der Waals surface area contributed by atoms with Crippen LogP contribution in [0.15, 0.2) is 39.5 Å². The van der Waals surface area contributed by atoms with Crippen molar-refractivity contribution in [2.45, 2.75) is 25.0 Å². The molecular formula is C15H14BrGeNO. The van der Waals surface area contributed by atoms with Gasteiger partial charge in [-0.15, -0.1) is 0 Å². The molecule has 3 rings (SSSR count). The van der Waals surface area contributed by atoms with Crippen molar-refractivity contribution in [2.75, 3.05) is 0 Å². The van der Waals surface area contributed by atoms with Crippen molar-refractivity contribution >= 4 is 57.7 Å². The number of pyridine rings is 1. The molecule has 0 fully saturated rings. The van der Waals surface area contributed by atoms with Crippen LogP contribution in [0.25, 0.3) is 21.9 Å². The van der Waals surface area contributed by atoms with E-state index in [1.807, 2.05) is 6.07 Å². The summed E-state index contributed by atoms with van der Waals surface area (Å²) in [5, 5.41) is 2.29. The Balaban J connectivity index is 2.19. The molecule has 0 saturated carbocycles. The van der Waals surface area contributed by atoms with Crippen LogP contribution < -0.4 is 4.40 Å². The molecule has 2 radical (unpaired) electrons. The summed E-state index contributed by atoms with van der Waals surface area (Å²) < 4.78 is 8.56. The molecular weight excluding hydrogens is 363 g/mol. The van der Waals surface area contributed by atoms with Gasteiger partial charge in [0.2, 0.25) is 0 Å². The number of hydrogen-bond donors (Lipinski definition) is 0. The number of fused-ring (bicyclic) bond motifs is 3. The second-order valence-electron chi connectivity index (χ2n) is 5.67. The summed E-state index contributed by atoms with van der Waals surface area (Å²) in [5.41, 5.74) is 1.81. The maximum atomic E-state index is 5.95. The molecule has 1 aromatic carbocycles. The van der Waals surface area contributed by atoms with Gasteiger partial charge in [0.1, 0.15) is 0 Å². The van der Waals surface area contributed by atoms with Gasteiger partial charge in [0.15, 0.2) is 0 Å². The minimum atomic E-state index is -0.161. The predicted molar refractivity (Wildman–Crippen MR) is 84.3 cm³/mol. The Hall–Kier alpha value is -0.807. The van der Waals surface area contributed by atoms with Crippen LogP contribution >= 0.6 is 15.9 Å². The molecule has 0 amide bonds. The predicted octanol–water partition coefficient (Wildman–Crippen LogP) is 4.29. The Bertz CT molecular complexity index is 758. The van der Waals surface area contributed by atoms with E-state index in [-0.39, 0.29) is 15.4 Å². The fourth-order valence-electron chi connectivity index (χ4n) is 2.18. The topological polar surface area (TPSA) is 26.0 Å². The van der Waals surface area contributed by atoms with Crippen LogP contribution in [-0.4, -0.2) is 20.4 Å². The van der Waals surface area contributed by atoms with Gasteiger partial charge in [-0.25, -0.2) is 0 Å². The first kappa shape index (κ1) is 13.2. The number of aromatic nitrogens is 1. The van der Waals surface area contributed by atoms with Gasteiger partial charge in [-0.05, 0) is 0 Å². The molecule has 0 N–H and O–H groups in total. The minimum absolute atomic E-state index is 0.161. The Labute approximate surface area is 127 Å². The van der Waals surface area contributed by atoms with E-state index in [0.717, 1.165) is 21.2 Å². The van der Waals surface area contributed by atoms with Crippen molar-refractivity contribution in [1.82, 2.24) is 4.98 Å². The fraction of sp³-hybridized carbons (Fsp3) is 0.267. The average molecular weight is 377 g/mol. The third-order valence-electron chi connectivity index (χ3n) is 2.86. The van der Waals surface area contributed by atoms with E-state index in [9.17, 15) is 0 Å². The second kappa shape index (κ2) is 4.63. The van der Waals surface area contributed by atoms with Crippen LogP contribution in [0.4, 0.5) is 0 Å². The van der Waals surface area contributed by atoms with Crippen molar-refractivity contribution in [3.63, 3.8) is 0 Å². The molecule has 0 bridgehead atoms. The first-order valence-corrected chi connectivity index (χ1v) is 9.08. The Morgan fingerprint density at radius 1 is 1.16 bits per heavy atom. The molecule has 0 unspecified atom stereocenters. The molecule has 2 aromatic heterocycles. The van der Waals surface area contributed by atoms with Gasteiger partial charge in [0.25, 0.3) is 0 Å². The van der Waals surface area contributed by atoms with Gasteiger partial charge in [-0.3, -0.25) is 0 Å². The van der Waals surface area contributed by atoms with Crippen molar-refractivity contribution in [1.29, 1.82) is 0 Å². The maximum absolute atomic E-state index is 5.95. The first-order chi connectivity index (χ1) is 8.94. The SMILES string of the molecule is C[C](C)(C)[Ge][c]1ccc2c(c1)oc1c(Br)nccc12. The van der Waals surface area contributed by atoms with E-state index in [0.29, 0.717) is 4.25 Å². The summed E-state index contributed by atoms with van der Waals surface area (Å²) in [6.07, 6.45) is 1.80. The van der Waals surface area contributed by atoms with Crippen LogP contribution in [0.1, 0.15) is 20.8 Å². The first-order valence-electron chi connectivity index (χ1n) is 6.19. The number of furan rings is 1. The summed E-state index contributed by atoms with van der Waals surface area (Å²) in [6, 6.07) is 8.63. The molecule has 0 saturated heterocycles. The fourth-order valence-corrected chi connectivity index (χ4v) is 5.19. The van der Waals surface area contributed by atoms with Gasteiger partial charge in [0, 0.05) is 0 Å². The quantitative estimate of drug-likeness (QED) is 0.467. The zero-order valence-electron chi connectivity index (χ0n) is 11.1. The monoisotopic (exact) mass is 377 g/mol. The van der Waals surface area contributed by atoms with Crippen LogP contribution in [0, 0.1) is 0 Å². The Kier molecular flexibility index (Phi) is 3.22. The summed E-state index contributed by atoms with van der Waals surface area (Å²) in [5.74, 6) is 0. The van der Waals surface area contributed by atoms with E-state index in [1.165, 1.54) is 9.78 Å². The van der Waals surface area contributed by atoms with E-state index in [4.69, 9.17) is 4.42 Å². The van der Waals surface area contributed by atoms with Gasteiger partial charge >= 0.3 is 127 Å². The molecule has 3 aromatic rings. The van der Waals surface area contributed by atoms with Crippen molar-refractivity contribution in [3.8, 4) is 0 Å². The van der Waals surface area contributed by atoms with Crippen molar-refractivity contribution in [3.05, 3.63) is 35.1 Å². The van der Waals surface area contributed by atoms with Crippen LogP contribution in [0.5, 0.6) is 0 Å². The molecule has 0 aliphatic heterocycles. The van der Waals surface area contributed by atoms with E-state index >= 15 is 0 Å². The van der Waals surface area contributed by atoms with Crippen LogP contribution in [-0.2, 0) is 0 Å². The summed E-state index contributed by atoms with van der Waals surface area (Å²) >= 11 is 3.28. The molecule has 4 heteroatoms. The molecule has 19 heavy (non-hydrogen) atoms. The Morgan fingerprint density at radius 2 is 1.95 bits per heavy atom. The average Bonchev–Trinajstić information content (AvgIpc) is 2.66. The van der Waals surface area contributed by atoms with E-state index < -0.39 is 0 Å². The summed E-state index contributed by atoms with van der Waals surface area (Å²) in [4.78, 5) is 4.22. The third-order valence-corrected chi connectivity index (χ3v) is 6.26. The van der Waals surface area contributed by atoms with E-state index in [2.05, 4.69) is 59.9 Å². The third kappa shape index (κ3) is 2.58. The number of rotatable bonds is 1. The van der Waals surface area contributed by atoms with Gasteiger partial charge in [-0.2, -0.15) is 0 Å². The molecule has 0 aliphatic rings. The normalized spacial score (nSPS) is 12.4.